The Kier molecular flexibility index (Phi) is 4.75. The van der Waals surface area contributed by atoms with Gasteiger partial charge in [0.05, 0.1) is 19.0 Å². The van der Waals surface area contributed by atoms with Gasteiger partial charge in [-0.3, -0.25) is 10.4 Å². The molecule has 0 radical (unpaired) electrons. The number of ether oxygens (including phenoxy) is 1. The molecule has 1 aromatic heterocycles. The second-order valence-corrected chi connectivity index (χ2v) is 4.11. The van der Waals surface area contributed by atoms with Crippen LogP contribution in [0.25, 0.3) is 0 Å². The second kappa shape index (κ2) is 6.94. The van der Waals surface area contributed by atoms with Crippen molar-refractivity contribution in [2.75, 3.05) is 17.7 Å². The van der Waals surface area contributed by atoms with Gasteiger partial charge in [0.2, 0.25) is 0 Å². The zero-order chi connectivity index (χ0) is 15.1. The topological polar surface area (TPSA) is 108 Å². The molecule has 1 heterocycles. The Labute approximate surface area is 120 Å². The van der Waals surface area contributed by atoms with E-state index in [0.29, 0.717) is 17.9 Å². The number of rotatable bonds is 4. The maximum atomic E-state index is 11.6. The summed E-state index contributed by atoms with van der Waals surface area (Å²) in [5.74, 6) is 0. The van der Waals surface area contributed by atoms with Crippen LogP contribution in [-0.2, 0) is 11.3 Å². The maximum Gasteiger partial charge on any atom is 0.411 e. The summed E-state index contributed by atoms with van der Waals surface area (Å²) in [6, 6.07) is 6.71. The van der Waals surface area contributed by atoms with Crippen molar-refractivity contribution in [3.63, 3.8) is 0 Å². The lowest BCUT2D eigenvalue weighted by molar-refractivity contribution is 0.187. The lowest BCUT2D eigenvalue weighted by Gasteiger charge is -2.07. The molecular formula is C13H15N5O3. The Balaban J connectivity index is 1.80. The standard InChI is InChI=1S/C13H15N5O3/c1-21-13(20)18-10-4-2-9(3-5-10)6-14-12(19)17-11-7-15-16-8-11/h2-5,7-8H,6H2,1H3,(H,15,16)(H,18,20)(H2,14,17,19). The van der Waals surface area contributed by atoms with Gasteiger partial charge in [0.25, 0.3) is 0 Å². The van der Waals surface area contributed by atoms with Crippen molar-refractivity contribution in [3.05, 3.63) is 42.2 Å². The fraction of sp³-hybridized carbons (Fsp3) is 0.154. The van der Waals surface area contributed by atoms with Crippen LogP contribution >= 0.6 is 0 Å². The normalized spacial score (nSPS) is 9.76. The molecule has 0 bridgehead atoms. The predicted octanol–water partition coefficient (Wildman–Crippen LogP) is 1.91. The molecule has 2 aromatic rings. The van der Waals surface area contributed by atoms with Crippen LogP contribution in [0.4, 0.5) is 21.0 Å². The largest absolute Gasteiger partial charge is 0.453 e. The highest BCUT2D eigenvalue weighted by Gasteiger charge is 2.03. The van der Waals surface area contributed by atoms with E-state index in [1.165, 1.54) is 13.3 Å². The van der Waals surface area contributed by atoms with Crippen molar-refractivity contribution < 1.29 is 14.3 Å². The molecule has 0 aliphatic heterocycles. The molecule has 4 N–H and O–H groups in total. The number of benzene rings is 1. The highest BCUT2D eigenvalue weighted by molar-refractivity contribution is 5.88. The number of carbonyl (C=O) groups is 2. The molecule has 0 aliphatic rings. The number of aromatic amines is 1. The van der Waals surface area contributed by atoms with Crippen molar-refractivity contribution in [1.29, 1.82) is 0 Å². The van der Waals surface area contributed by atoms with Crippen molar-refractivity contribution in [2.24, 2.45) is 0 Å². The molecule has 2 rings (SSSR count). The number of nitrogens with one attached hydrogen (secondary N) is 4. The summed E-state index contributed by atoms with van der Waals surface area (Å²) in [6.45, 7) is 0.363. The molecule has 0 unspecified atom stereocenters. The van der Waals surface area contributed by atoms with E-state index in [-0.39, 0.29) is 6.03 Å². The Morgan fingerprint density at radius 1 is 1.19 bits per heavy atom. The molecule has 3 amide bonds. The zero-order valence-electron chi connectivity index (χ0n) is 11.3. The molecule has 110 valence electrons. The number of nitrogens with zero attached hydrogens (tertiary/aromatic N) is 1. The lowest BCUT2D eigenvalue weighted by atomic mass is 10.2. The first-order chi connectivity index (χ1) is 10.2. The van der Waals surface area contributed by atoms with E-state index in [9.17, 15) is 9.59 Å². The average Bonchev–Trinajstić information content (AvgIpc) is 2.99. The van der Waals surface area contributed by atoms with Gasteiger partial charge in [-0.15, -0.1) is 0 Å². The summed E-state index contributed by atoms with van der Waals surface area (Å²) in [4.78, 5) is 22.6. The number of aromatic nitrogens is 2. The van der Waals surface area contributed by atoms with E-state index in [1.54, 1.807) is 30.5 Å². The smallest absolute Gasteiger partial charge is 0.411 e. The van der Waals surface area contributed by atoms with E-state index in [1.807, 2.05) is 0 Å². The quantitative estimate of drug-likeness (QED) is 0.689. The predicted molar refractivity (Wildman–Crippen MR) is 76.9 cm³/mol. The number of hydrogen-bond donors (Lipinski definition) is 4. The number of anilines is 2. The SMILES string of the molecule is COC(=O)Nc1ccc(CNC(=O)Nc2cn[nH]c2)cc1. The summed E-state index contributed by atoms with van der Waals surface area (Å²) in [5, 5.41) is 14.2. The third kappa shape index (κ3) is 4.53. The summed E-state index contributed by atoms with van der Waals surface area (Å²) in [5.41, 5.74) is 2.10. The molecule has 21 heavy (non-hydrogen) atoms. The van der Waals surface area contributed by atoms with E-state index in [0.717, 1.165) is 5.56 Å². The lowest BCUT2D eigenvalue weighted by Crippen LogP contribution is -2.27. The Morgan fingerprint density at radius 2 is 1.95 bits per heavy atom. The number of urea groups is 1. The third-order valence-corrected chi connectivity index (χ3v) is 2.59. The molecule has 0 fully saturated rings. The molecular weight excluding hydrogens is 274 g/mol. The first kappa shape index (κ1) is 14.4. The van der Waals surface area contributed by atoms with Gasteiger partial charge in [-0.1, -0.05) is 12.1 Å². The molecule has 1 aromatic carbocycles. The minimum absolute atomic E-state index is 0.326. The van der Waals surface area contributed by atoms with Gasteiger partial charge < -0.3 is 15.4 Å². The monoisotopic (exact) mass is 289 g/mol. The van der Waals surface area contributed by atoms with Crippen LogP contribution in [-0.4, -0.2) is 29.4 Å². The van der Waals surface area contributed by atoms with E-state index >= 15 is 0 Å². The number of H-pyrrole nitrogens is 1. The zero-order valence-corrected chi connectivity index (χ0v) is 11.3. The van der Waals surface area contributed by atoms with Crippen LogP contribution in [0.1, 0.15) is 5.56 Å². The van der Waals surface area contributed by atoms with E-state index in [4.69, 9.17) is 0 Å². The van der Waals surface area contributed by atoms with Gasteiger partial charge in [0.15, 0.2) is 0 Å². The van der Waals surface area contributed by atoms with Gasteiger partial charge in [-0.2, -0.15) is 5.10 Å². The van der Waals surface area contributed by atoms with Gasteiger partial charge in [0.1, 0.15) is 0 Å². The molecule has 0 atom stereocenters. The van der Waals surface area contributed by atoms with Gasteiger partial charge >= 0.3 is 12.1 Å². The highest BCUT2D eigenvalue weighted by atomic mass is 16.5. The second-order valence-electron chi connectivity index (χ2n) is 4.11. The minimum atomic E-state index is -0.527. The molecule has 8 nitrogen and oxygen atoms in total. The van der Waals surface area contributed by atoms with Crippen molar-refractivity contribution in [2.45, 2.75) is 6.54 Å². The van der Waals surface area contributed by atoms with Crippen LogP contribution in [0.3, 0.4) is 0 Å². The van der Waals surface area contributed by atoms with Crippen LogP contribution in [0.5, 0.6) is 0 Å². The summed E-state index contributed by atoms with van der Waals surface area (Å²) < 4.78 is 4.49. The van der Waals surface area contributed by atoms with Crippen molar-refractivity contribution >= 4 is 23.5 Å². The molecule has 0 aliphatic carbocycles. The molecule has 0 spiro atoms. The first-order valence-corrected chi connectivity index (χ1v) is 6.15. The fourth-order valence-corrected chi connectivity index (χ4v) is 1.55. The van der Waals surface area contributed by atoms with E-state index in [2.05, 4.69) is 30.9 Å². The molecule has 0 saturated heterocycles. The van der Waals surface area contributed by atoms with Crippen LogP contribution in [0.2, 0.25) is 0 Å². The molecule has 0 saturated carbocycles. The summed E-state index contributed by atoms with van der Waals surface area (Å²) in [6.07, 6.45) is 2.56. The van der Waals surface area contributed by atoms with Crippen LogP contribution < -0.4 is 16.0 Å². The maximum absolute atomic E-state index is 11.6. The van der Waals surface area contributed by atoms with Gasteiger partial charge in [0, 0.05) is 18.4 Å². The van der Waals surface area contributed by atoms with Gasteiger partial charge in [-0.25, -0.2) is 9.59 Å². The first-order valence-electron chi connectivity index (χ1n) is 6.15. The number of methoxy groups -OCH3 is 1. The average molecular weight is 289 g/mol. The third-order valence-electron chi connectivity index (χ3n) is 2.59. The minimum Gasteiger partial charge on any atom is -0.453 e. The van der Waals surface area contributed by atoms with Crippen molar-refractivity contribution in [3.8, 4) is 0 Å². The fourth-order valence-electron chi connectivity index (χ4n) is 1.55. The number of amides is 3. The van der Waals surface area contributed by atoms with Crippen LogP contribution in [0.15, 0.2) is 36.7 Å². The number of hydrogen-bond acceptors (Lipinski definition) is 4. The van der Waals surface area contributed by atoms with E-state index < -0.39 is 6.09 Å². The summed E-state index contributed by atoms with van der Waals surface area (Å²) in [7, 11) is 1.30. The Bertz CT molecular complexity index is 595. The van der Waals surface area contributed by atoms with Crippen LogP contribution in [0, 0.1) is 0 Å². The van der Waals surface area contributed by atoms with Crippen molar-refractivity contribution in [1.82, 2.24) is 15.5 Å². The highest BCUT2D eigenvalue weighted by Crippen LogP contribution is 2.09. The number of carbonyl (C=O) groups excluding carboxylic acids is 2. The summed E-state index contributed by atoms with van der Waals surface area (Å²) >= 11 is 0. The molecule has 8 heteroatoms. The Hall–Kier alpha value is -3.03. The Morgan fingerprint density at radius 3 is 2.57 bits per heavy atom. The van der Waals surface area contributed by atoms with Gasteiger partial charge in [-0.05, 0) is 17.7 Å².